The number of aromatic nitrogens is 4. The minimum absolute atomic E-state index is 0.385. The van der Waals surface area contributed by atoms with Crippen LogP contribution in [0.15, 0.2) is 60.8 Å². The second kappa shape index (κ2) is 6.01. The van der Waals surface area contributed by atoms with E-state index in [4.69, 9.17) is 0 Å². The Kier molecular flexibility index (Phi) is 3.56. The number of H-pyrrole nitrogens is 1. The third kappa shape index (κ3) is 2.55. The van der Waals surface area contributed by atoms with Gasteiger partial charge in [0.2, 0.25) is 0 Å². The van der Waals surface area contributed by atoms with Gasteiger partial charge in [-0.05, 0) is 17.2 Å². The maximum Gasteiger partial charge on any atom is 0.186 e. The van der Waals surface area contributed by atoms with E-state index in [1.165, 1.54) is 0 Å². The summed E-state index contributed by atoms with van der Waals surface area (Å²) in [7, 11) is 0. The molecule has 0 saturated heterocycles. The maximum absolute atomic E-state index is 9.37. The van der Waals surface area contributed by atoms with E-state index in [-0.39, 0.29) is 0 Å². The van der Waals surface area contributed by atoms with Crippen molar-refractivity contribution in [2.75, 3.05) is 0 Å². The van der Waals surface area contributed by atoms with E-state index in [0.717, 1.165) is 27.7 Å². The zero-order valence-corrected chi connectivity index (χ0v) is 13.0. The molecule has 2 aromatic heterocycles. The Bertz CT molecular complexity index is 1020. The minimum atomic E-state index is 0.385. The summed E-state index contributed by atoms with van der Waals surface area (Å²) >= 11 is 0. The first-order valence-electron chi connectivity index (χ1n) is 7.76. The molecular weight excluding hydrogens is 298 g/mol. The number of aromatic amines is 1. The molecule has 0 spiro atoms. The van der Waals surface area contributed by atoms with Gasteiger partial charge in [0.1, 0.15) is 6.07 Å². The average Bonchev–Trinajstić information content (AvgIpc) is 3.21. The maximum atomic E-state index is 9.37. The predicted molar refractivity (Wildman–Crippen MR) is 91.4 cm³/mol. The van der Waals surface area contributed by atoms with Crippen molar-refractivity contribution in [3.8, 4) is 6.07 Å². The molecule has 4 aromatic rings. The second-order valence-corrected chi connectivity index (χ2v) is 5.68. The molecule has 0 atom stereocenters. The topological polar surface area (TPSA) is 70.3 Å². The van der Waals surface area contributed by atoms with Gasteiger partial charge in [-0.1, -0.05) is 53.7 Å². The number of benzene rings is 2. The van der Waals surface area contributed by atoms with Gasteiger partial charge in [-0.15, -0.1) is 5.10 Å². The highest BCUT2D eigenvalue weighted by molar-refractivity contribution is 5.83. The number of nitrogens with zero attached hydrogens (tertiary/aromatic N) is 4. The van der Waals surface area contributed by atoms with Crippen LogP contribution in [0.25, 0.3) is 10.9 Å². The number of rotatable bonds is 4. The van der Waals surface area contributed by atoms with Crippen LogP contribution in [-0.4, -0.2) is 20.0 Å². The number of nitrogens with one attached hydrogen (secondary N) is 1. The highest BCUT2D eigenvalue weighted by atomic mass is 15.4. The van der Waals surface area contributed by atoms with Gasteiger partial charge in [0.05, 0.1) is 12.2 Å². The molecule has 0 bridgehead atoms. The lowest BCUT2D eigenvalue weighted by Gasteiger charge is -2.06. The van der Waals surface area contributed by atoms with Crippen molar-refractivity contribution in [1.29, 1.82) is 5.26 Å². The van der Waals surface area contributed by atoms with Crippen LogP contribution in [0.5, 0.6) is 0 Å². The molecule has 0 saturated carbocycles. The van der Waals surface area contributed by atoms with Crippen LogP contribution in [0.3, 0.4) is 0 Å². The zero-order chi connectivity index (χ0) is 16.4. The SMILES string of the molecule is N#Cc1nnn(Cc2ccccc2)c1Cc1c[nH]c2ccccc12. The Morgan fingerprint density at radius 3 is 2.67 bits per heavy atom. The van der Waals surface area contributed by atoms with Crippen LogP contribution < -0.4 is 0 Å². The van der Waals surface area contributed by atoms with Crippen LogP contribution in [0.1, 0.15) is 22.5 Å². The fourth-order valence-corrected chi connectivity index (χ4v) is 2.94. The van der Waals surface area contributed by atoms with Crippen LogP contribution >= 0.6 is 0 Å². The molecule has 0 aliphatic carbocycles. The summed E-state index contributed by atoms with van der Waals surface area (Å²) in [6, 6.07) is 20.4. The first kappa shape index (κ1) is 14.2. The summed E-state index contributed by atoms with van der Waals surface area (Å²) in [6.07, 6.45) is 2.61. The van der Waals surface area contributed by atoms with Crippen LogP contribution in [-0.2, 0) is 13.0 Å². The summed E-state index contributed by atoms with van der Waals surface area (Å²) in [5.41, 5.74) is 4.58. The van der Waals surface area contributed by atoms with Crippen molar-refractivity contribution >= 4 is 10.9 Å². The average molecular weight is 313 g/mol. The molecule has 0 amide bonds. The molecule has 0 radical (unpaired) electrons. The summed E-state index contributed by atoms with van der Waals surface area (Å²) in [5, 5.41) is 18.7. The molecule has 0 aliphatic heterocycles. The van der Waals surface area contributed by atoms with Gasteiger partial charge in [-0.25, -0.2) is 4.68 Å². The molecule has 2 aromatic carbocycles. The van der Waals surface area contributed by atoms with Crippen LogP contribution in [0.4, 0.5) is 0 Å². The first-order valence-corrected chi connectivity index (χ1v) is 7.76. The standard InChI is InChI=1S/C19H15N5/c20-11-18-19(10-15-12-21-17-9-5-4-8-16(15)17)24(23-22-18)13-14-6-2-1-3-7-14/h1-9,12,21H,10,13H2. The summed E-state index contributed by atoms with van der Waals surface area (Å²) in [5.74, 6) is 0. The van der Waals surface area contributed by atoms with E-state index < -0.39 is 0 Å². The predicted octanol–water partition coefficient (Wildman–Crippen LogP) is 3.27. The largest absolute Gasteiger partial charge is 0.361 e. The summed E-state index contributed by atoms with van der Waals surface area (Å²) in [6.45, 7) is 0.604. The van der Waals surface area contributed by atoms with Crippen molar-refractivity contribution < 1.29 is 0 Å². The quantitative estimate of drug-likeness (QED) is 0.628. The number of para-hydroxylation sites is 1. The van der Waals surface area contributed by atoms with Crippen LogP contribution in [0, 0.1) is 11.3 Å². The number of hydrogen-bond acceptors (Lipinski definition) is 3. The molecule has 0 unspecified atom stereocenters. The third-order valence-corrected chi connectivity index (χ3v) is 4.15. The molecule has 5 nitrogen and oxygen atoms in total. The Morgan fingerprint density at radius 2 is 1.83 bits per heavy atom. The lowest BCUT2D eigenvalue weighted by molar-refractivity contribution is 0.625. The Labute approximate surface area is 139 Å². The van der Waals surface area contributed by atoms with E-state index in [0.29, 0.717) is 18.7 Å². The van der Waals surface area contributed by atoms with Crippen molar-refractivity contribution in [1.82, 2.24) is 20.0 Å². The van der Waals surface area contributed by atoms with Gasteiger partial charge in [0.25, 0.3) is 0 Å². The molecule has 2 heterocycles. The lowest BCUT2D eigenvalue weighted by atomic mass is 10.1. The van der Waals surface area contributed by atoms with Gasteiger partial charge >= 0.3 is 0 Å². The first-order chi connectivity index (χ1) is 11.8. The molecule has 24 heavy (non-hydrogen) atoms. The van der Waals surface area contributed by atoms with Crippen molar-refractivity contribution in [2.45, 2.75) is 13.0 Å². The van der Waals surface area contributed by atoms with E-state index in [2.05, 4.69) is 27.4 Å². The molecule has 0 aliphatic rings. The van der Waals surface area contributed by atoms with Gasteiger partial charge in [0.15, 0.2) is 5.69 Å². The van der Waals surface area contributed by atoms with E-state index >= 15 is 0 Å². The summed E-state index contributed by atoms with van der Waals surface area (Å²) < 4.78 is 1.82. The smallest absolute Gasteiger partial charge is 0.186 e. The van der Waals surface area contributed by atoms with Gasteiger partial charge in [-0.3, -0.25) is 0 Å². The molecule has 116 valence electrons. The fourth-order valence-electron chi connectivity index (χ4n) is 2.94. The number of nitriles is 1. The van der Waals surface area contributed by atoms with Crippen molar-refractivity contribution in [3.05, 3.63) is 83.3 Å². The van der Waals surface area contributed by atoms with E-state index in [9.17, 15) is 5.26 Å². The molecule has 4 rings (SSSR count). The lowest BCUT2D eigenvalue weighted by Crippen LogP contribution is -2.07. The Hall–Kier alpha value is -3.39. The molecule has 5 heteroatoms. The van der Waals surface area contributed by atoms with Crippen molar-refractivity contribution in [3.63, 3.8) is 0 Å². The van der Waals surface area contributed by atoms with Crippen LogP contribution in [0.2, 0.25) is 0 Å². The Morgan fingerprint density at radius 1 is 1.04 bits per heavy atom. The molecule has 0 fully saturated rings. The van der Waals surface area contributed by atoms with Gasteiger partial charge in [0, 0.05) is 23.5 Å². The Balaban J connectivity index is 1.72. The van der Waals surface area contributed by atoms with Gasteiger partial charge in [-0.2, -0.15) is 5.26 Å². The van der Waals surface area contributed by atoms with Gasteiger partial charge < -0.3 is 4.98 Å². The number of hydrogen-bond donors (Lipinski definition) is 1. The number of fused-ring (bicyclic) bond motifs is 1. The summed E-state index contributed by atoms with van der Waals surface area (Å²) in [4.78, 5) is 3.27. The normalized spacial score (nSPS) is 10.8. The van der Waals surface area contributed by atoms with E-state index in [1.54, 1.807) is 0 Å². The molecular formula is C19H15N5. The highest BCUT2D eigenvalue weighted by Gasteiger charge is 2.15. The third-order valence-electron chi connectivity index (χ3n) is 4.15. The highest BCUT2D eigenvalue weighted by Crippen LogP contribution is 2.22. The molecule has 1 N–H and O–H groups in total. The second-order valence-electron chi connectivity index (χ2n) is 5.68. The zero-order valence-electron chi connectivity index (χ0n) is 13.0. The monoisotopic (exact) mass is 313 g/mol. The van der Waals surface area contributed by atoms with E-state index in [1.807, 2.05) is 59.4 Å². The minimum Gasteiger partial charge on any atom is -0.361 e. The fraction of sp³-hybridized carbons (Fsp3) is 0.105. The van der Waals surface area contributed by atoms with Crippen molar-refractivity contribution in [2.24, 2.45) is 0 Å².